The summed E-state index contributed by atoms with van der Waals surface area (Å²) in [5.41, 5.74) is 0. The number of hydrogen-bond donors (Lipinski definition) is 1. The van der Waals surface area contributed by atoms with Crippen LogP contribution in [0.3, 0.4) is 0 Å². The van der Waals surface area contributed by atoms with Crippen molar-refractivity contribution in [1.29, 1.82) is 0 Å². The van der Waals surface area contributed by atoms with Gasteiger partial charge in [0.25, 0.3) is 0 Å². The van der Waals surface area contributed by atoms with Crippen LogP contribution in [0.4, 0.5) is 5.82 Å². The Morgan fingerprint density at radius 2 is 2.00 bits per heavy atom. The van der Waals surface area contributed by atoms with Crippen molar-refractivity contribution in [3.05, 3.63) is 11.9 Å². The van der Waals surface area contributed by atoms with Crippen LogP contribution < -0.4 is 10.1 Å². The minimum atomic E-state index is 0.287. The predicted octanol–water partition coefficient (Wildman–Crippen LogP) is 3.05. The maximum atomic E-state index is 5.58. The van der Waals surface area contributed by atoms with Gasteiger partial charge in [0.15, 0.2) is 0 Å². The summed E-state index contributed by atoms with van der Waals surface area (Å²) in [7, 11) is 0. The van der Waals surface area contributed by atoms with Crippen molar-refractivity contribution >= 4 is 5.82 Å². The van der Waals surface area contributed by atoms with Crippen LogP contribution >= 0.6 is 0 Å². The maximum Gasteiger partial charge on any atom is 0.218 e. The van der Waals surface area contributed by atoms with Crippen LogP contribution in [-0.2, 0) is 11.2 Å². The molecule has 0 fully saturated rings. The number of nitrogens with zero attached hydrogens (tertiary/aromatic N) is 2. The van der Waals surface area contributed by atoms with E-state index in [9.17, 15) is 0 Å². The zero-order valence-electron chi connectivity index (χ0n) is 13.1. The molecular weight excluding hydrogens is 254 g/mol. The number of rotatable bonds is 10. The highest BCUT2D eigenvalue weighted by atomic mass is 16.5. The summed E-state index contributed by atoms with van der Waals surface area (Å²) in [6.07, 6.45) is 3.01. The summed E-state index contributed by atoms with van der Waals surface area (Å²) in [6.45, 7) is 10.5. The van der Waals surface area contributed by atoms with E-state index in [1.165, 1.54) is 0 Å². The van der Waals surface area contributed by atoms with Crippen LogP contribution in [0.1, 0.15) is 46.4 Å². The number of anilines is 1. The van der Waals surface area contributed by atoms with Gasteiger partial charge in [-0.3, -0.25) is 0 Å². The second-order valence-corrected chi connectivity index (χ2v) is 4.91. The molecule has 0 aromatic carbocycles. The molecule has 1 heterocycles. The SMILES string of the molecule is CCCOc1cc(NCCCOC(C)C)nc(CC)n1. The summed E-state index contributed by atoms with van der Waals surface area (Å²) in [4.78, 5) is 8.81. The summed E-state index contributed by atoms with van der Waals surface area (Å²) in [6, 6.07) is 1.86. The third-order valence-corrected chi connectivity index (χ3v) is 2.60. The van der Waals surface area contributed by atoms with Crippen LogP contribution in [0, 0.1) is 0 Å². The Balaban J connectivity index is 2.46. The van der Waals surface area contributed by atoms with Crippen LogP contribution in [0.2, 0.25) is 0 Å². The maximum absolute atomic E-state index is 5.58. The quantitative estimate of drug-likeness (QED) is 0.668. The van der Waals surface area contributed by atoms with E-state index in [0.29, 0.717) is 12.5 Å². The predicted molar refractivity (Wildman–Crippen MR) is 81.4 cm³/mol. The van der Waals surface area contributed by atoms with Gasteiger partial charge in [0, 0.05) is 25.6 Å². The van der Waals surface area contributed by atoms with E-state index >= 15 is 0 Å². The van der Waals surface area contributed by atoms with E-state index in [0.717, 1.165) is 44.1 Å². The summed E-state index contributed by atoms with van der Waals surface area (Å²) >= 11 is 0. The molecule has 0 aliphatic heterocycles. The monoisotopic (exact) mass is 281 g/mol. The average Bonchev–Trinajstić information content (AvgIpc) is 2.44. The van der Waals surface area contributed by atoms with Crippen molar-refractivity contribution in [3.8, 4) is 5.88 Å². The highest BCUT2D eigenvalue weighted by molar-refractivity contribution is 5.38. The molecule has 0 unspecified atom stereocenters. The summed E-state index contributed by atoms with van der Waals surface area (Å²) in [5.74, 6) is 2.28. The number of ether oxygens (including phenoxy) is 2. The van der Waals surface area contributed by atoms with Crippen LogP contribution in [0.15, 0.2) is 6.07 Å². The smallest absolute Gasteiger partial charge is 0.218 e. The standard InChI is InChI=1S/C15H27N3O2/c1-5-9-20-15-11-14(17-13(6-2)18-15)16-8-7-10-19-12(3)4/h11-12H,5-10H2,1-4H3,(H,16,17,18). The second-order valence-electron chi connectivity index (χ2n) is 4.91. The Hall–Kier alpha value is -1.36. The number of nitrogens with one attached hydrogen (secondary N) is 1. The molecule has 1 aromatic heterocycles. The van der Waals surface area contributed by atoms with Gasteiger partial charge in [-0.05, 0) is 26.7 Å². The zero-order chi connectivity index (χ0) is 14.8. The van der Waals surface area contributed by atoms with E-state index in [1.807, 2.05) is 26.8 Å². The van der Waals surface area contributed by atoms with Gasteiger partial charge in [0.05, 0.1) is 12.7 Å². The molecular formula is C15H27N3O2. The molecule has 0 saturated heterocycles. The number of aromatic nitrogens is 2. The molecule has 0 saturated carbocycles. The van der Waals surface area contributed by atoms with Gasteiger partial charge in [-0.25, -0.2) is 4.98 Å². The first-order chi connectivity index (χ1) is 9.65. The van der Waals surface area contributed by atoms with E-state index in [1.54, 1.807) is 0 Å². The van der Waals surface area contributed by atoms with Gasteiger partial charge in [-0.1, -0.05) is 13.8 Å². The molecule has 0 amide bonds. The largest absolute Gasteiger partial charge is 0.478 e. The highest BCUT2D eigenvalue weighted by Crippen LogP contribution is 2.14. The lowest BCUT2D eigenvalue weighted by Crippen LogP contribution is -2.11. The third-order valence-electron chi connectivity index (χ3n) is 2.60. The Morgan fingerprint density at radius 1 is 1.20 bits per heavy atom. The Bertz CT molecular complexity index is 383. The molecule has 20 heavy (non-hydrogen) atoms. The molecule has 0 aliphatic carbocycles. The van der Waals surface area contributed by atoms with Gasteiger partial charge in [-0.15, -0.1) is 0 Å². The van der Waals surface area contributed by atoms with E-state index in [-0.39, 0.29) is 6.10 Å². The Morgan fingerprint density at radius 3 is 2.65 bits per heavy atom. The Labute approximate surface area is 122 Å². The molecule has 0 spiro atoms. The van der Waals surface area contributed by atoms with Crippen LogP contribution in [0.25, 0.3) is 0 Å². The van der Waals surface area contributed by atoms with Crippen molar-refractivity contribution in [2.24, 2.45) is 0 Å². The number of hydrogen-bond acceptors (Lipinski definition) is 5. The molecule has 0 atom stereocenters. The molecule has 0 bridgehead atoms. The van der Waals surface area contributed by atoms with E-state index in [4.69, 9.17) is 9.47 Å². The molecule has 5 nitrogen and oxygen atoms in total. The summed E-state index contributed by atoms with van der Waals surface area (Å²) < 4.78 is 11.1. The number of aryl methyl sites for hydroxylation is 1. The van der Waals surface area contributed by atoms with Crippen molar-refractivity contribution in [3.63, 3.8) is 0 Å². The Kier molecular flexibility index (Phi) is 7.95. The molecule has 1 N–H and O–H groups in total. The fourth-order valence-electron chi connectivity index (χ4n) is 1.61. The lowest BCUT2D eigenvalue weighted by Gasteiger charge is -2.11. The van der Waals surface area contributed by atoms with Gasteiger partial charge in [0.2, 0.25) is 5.88 Å². The van der Waals surface area contributed by atoms with Gasteiger partial charge < -0.3 is 14.8 Å². The molecule has 1 aromatic rings. The molecule has 0 radical (unpaired) electrons. The third kappa shape index (κ3) is 6.70. The van der Waals surface area contributed by atoms with Gasteiger partial charge >= 0.3 is 0 Å². The van der Waals surface area contributed by atoms with Crippen molar-refractivity contribution in [2.45, 2.75) is 53.1 Å². The van der Waals surface area contributed by atoms with Gasteiger partial charge in [-0.2, -0.15) is 4.98 Å². The summed E-state index contributed by atoms with van der Waals surface area (Å²) in [5, 5.41) is 3.30. The van der Waals surface area contributed by atoms with Crippen LogP contribution in [0.5, 0.6) is 5.88 Å². The fourth-order valence-corrected chi connectivity index (χ4v) is 1.61. The average molecular weight is 281 g/mol. The first-order valence-corrected chi connectivity index (χ1v) is 7.51. The lowest BCUT2D eigenvalue weighted by atomic mass is 10.4. The normalized spacial score (nSPS) is 10.8. The van der Waals surface area contributed by atoms with Crippen molar-refractivity contribution in [2.75, 3.05) is 25.1 Å². The fraction of sp³-hybridized carbons (Fsp3) is 0.733. The highest BCUT2D eigenvalue weighted by Gasteiger charge is 2.04. The molecule has 0 aliphatic rings. The van der Waals surface area contributed by atoms with E-state index < -0.39 is 0 Å². The minimum absolute atomic E-state index is 0.287. The molecule has 5 heteroatoms. The first kappa shape index (κ1) is 16.7. The second kappa shape index (κ2) is 9.53. The van der Waals surface area contributed by atoms with Gasteiger partial charge in [0.1, 0.15) is 11.6 Å². The van der Waals surface area contributed by atoms with Crippen molar-refractivity contribution in [1.82, 2.24) is 9.97 Å². The molecule has 114 valence electrons. The first-order valence-electron chi connectivity index (χ1n) is 7.51. The molecule has 1 rings (SSSR count). The lowest BCUT2D eigenvalue weighted by molar-refractivity contribution is 0.0787. The zero-order valence-corrected chi connectivity index (χ0v) is 13.1. The van der Waals surface area contributed by atoms with Crippen molar-refractivity contribution < 1.29 is 9.47 Å². The minimum Gasteiger partial charge on any atom is -0.478 e. The van der Waals surface area contributed by atoms with E-state index in [2.05, 4.69) is 22.2 Å². The topological polar surface area (TPSA) is 56.3 Å². The van der Waals surface area contributed by atoms with Crippen LogP contribution in [-0.4, -0.2) is 35.8 Å².